The predicted molar refractivity (Wildman–Crippen MR) is 127 cm³/mol. The third-order valence-corrected chi connectivity index (χ3v) is 6.39. The van der Waals surface area contributed by atoms with Gasteiger partial charge in [-0.05, 0) is 48.1 Å². The summed E-state index contributed by atoms with van der Waals surface area (Å²) < 4.78 is 0. The van der Waals surface area contributed by atoms with Crippen LogP contribution in [0.25, 0.3) is 10.8 Å². The lowest BCUT2D eigenvalue weighted by atomic mass is 9.88. The molecule has 2 aliphatic rings. The van der Waals surface area contributed by atoms with Crippen molar-refractivity contribution in [2.24, 2.45) is 5.92 Å². The Balaban J connectivity index is 0.000000312. The lowest BCUT2D eigenvalue weighted by Crippen LogP contribution is -2.40. The van der Waals surface area contributed by atoms with Crippen molar-refractivity contribution in [3.63, 3.8) is 0 Å². The van der Waals surface area contributed by atoms with Crippen LogP contribution in [-0.2, 0) is 16.1 Å². The van der Waals surface area contributed by atoms with Gasteiger partial charge in [0.05, 0.1) is 0 Å². The molecule has 0 unspecified atom stereocenters. The van der Waals surface area contributed by atoms with Gasteiger partial charge in [-0.15, -0.1) is 0 Å². The fraction of sp³-hybridized carbons (Fsp3) is 0.462. The van der Waals surface area contributed by atoms with Gasteiger partial charge in [0, 0.05) is 37.8 Å². The van der Waals surface area contributed by atoms with Crippen molar-refractivity contribution in [1.82, 2.24) is 10.2 Å². The molecule has 0 aromatic heterocycles. The second kappa shape index (κ2) is 12.4. The van der Waals surface area contributed by atoms with Crippen molar-refractivity contribution in [3.8, 4) is 0 Å². The van der Waals surface area contributed by atoms with E-state index < -0.39 is 11.9 Å². The van der Waals surface area contributed by atoms with Crippen LogP contribution in [-0.4, -0.2) is 52.7 Å². The van der Waals surface area contributed by atoms with Crippen molar-refractivity contribution >= 4 is 22.7 Å². The number of nitrogens with zero attached hydrogens (tertiary/aromatic N) is 1. The summed E-state index contributed by atoms with van der Waals surface area (Å²) >= 11 is 0. The maximum absolute atomic E-state index is 9.55. The molecule has 172 valence electrons. The lowest BCUT2D eigenvalue weighted by Gasteiger charge is -2.34. The van der Waals surface area contributed by atoms with Crippen molar-refractivity contribution in [3.05, 3.63) is 60.2 Å². The molecule has 6 heteroatoms. The predicted octanol–water partition coefficient (Wildman–Crippen LogP) is 4.30. The molecule has 0 bridgehead atoms. The van der Waals surface area contributed by atoms with E-state index >= 15 is 0 Å². The Morgan fingerprint density at radius 3 is 2.28 bits per heavy atom. The molecule has 1 atom stereocenters. The Labute approximate surface area is 189 Å². The summed E-state index contributed by atoms with van der Waals surface area (Å²) in [5.41, 5.74) is 1.50. The zero-order valence-corrected chi connectivity index (χ0v) is 18.6. The number of carboxylic acid groups (broad SMARTS) is 2. The lowest BCUT2D eigenvalue weighted by molar-refractivity contribution is -0.134. The Morgan fingerprint density at radius 2 is 1.62 bits per heavy atom. The van der Waals surface area contributed by atoms with Gasteiger partial charge in [0.15, 0.2) is 0 Å². The van der Waals surface area contributed by atoms with E-state index in [0.29, 0.717) is 18.2 Å². The monoisotopic (exact) mass is 438 g/mol. The highest BCUT2D eigenvalue weighted by Gasteiger charge is 2.26. The summed E-state index contributed by atoms with van der Waals surface area (Å²) in [6.45, 7) is 4.73. The summed E-state index contributed by atoms with van der Waals surface area (Å²) in [7, 11) is 0. The minimum Gasteiger partial charge on any atom is -0.478 e. The van der Waals surface area contributed by atoms with E-state index in [1.807, 2.05) is 0 Å². The van der Waals surface area contributed by atoms with Crippen LogP contribution in [0.4, 0.5) is 0 Å². The SMILES string of the molecule is O=C(O)C=CC(=O)O.c1ccc2c(CN(CC3CCCCC3)[C@H]3CCNC3)cccc2c1. The molecule has 2 fully saturated rings. The molecule has 3 N–H and O–H groups in total. The molecule has 1 heterocycles. The zero-order chi connectivity index (χ0) is 22.8. The number of carboxylic acids is 2. The number of carbonyl (C=O) groups is 2. The van der Waals surface area contributed by atoms with Crippen molar-refractivity contribution in [2.45, 2.75) is 51.1 Å². The van der Waals surface area contributed by atoms with Crippen LogP contribution < -0.4 is 5.32 Å². The van der Waals surface area contributed by atoms with Gasteiger partial charge in [-0.1, -0.05) is 61.7 Å². The average Bonchev–Trinajstić information content (AvgIpc) is 3.34. The molecule has 1 saturated heterocycles. The Morgan fingerprint density at radius 1 is 0.938 bits per heavy atom. The summed E-state index contributed by atoms with van der Waals surface area (Å²) in [6, 6.07) is 16.4. The van der Waals surface area contributed by atoms with Gasteiger partial charge in [0.2, 0.25) is 0 Å². The van der Waals surface area contributed by atoms with Gasteiger partial charge in [-0.25, -0.2) is 9.59 Å². The summed E-state index contributed by atoms with van der Waals surface area (Å²) in [4.78, 5) is 21.9. The molecule has 2 aromatic rings. The molecule has 4 rings (SSSR count). The highest BCUT2D eigenvalue weighted by Crippen LogP contribution is 2.28. The number of nitrogens with one attached hydrogen (secondary N) is 1. The minimum absolute atomic E-state index is 0.558. The smallest absolute Gasteiger partial charge is 0.328 e. The summed E-state index contributed by atoms with van der Waals surface area (Å²) in [5, 5.41) is 22.0. The molecular weight excluding hydrogens is 404 g/mol. The second-order valence-electron chi connectivity index (χ2n) is 8.73. The minimum atomic E-state index is -1.26. The number of fused-ring (bicyclic) bond motifs is 1. The van der Waals surface area contributed by atoms with Gasteiger partial charge in [0.25, 0.3) is 0 Å². The van der Waals surface area contributed by atoms with E-state index in [0.717, 1.165) is 19.0 Å². The molecule has 1 aliphatic heterocycles. The molecule has 2 aromatic carbocycles. The fourth-order valence-electron chi connectivity index (χ4n) is 4.79. The van der Waals surface area contributed by atoms with Crippen LogP contribution in [0.2, 0.25) is 0 Å². The van der Waals surface area contributed by atoms with E-state index in [4.69, 9.17) is 10.2 Å². The van der Waals surface area contributed by atoms with Crippen molar-refractivity contribution in [1.29, 1.82) is 0 Å². The largest absolute Gasteiger partial charge is 0.478 e. The second-order valence-corrected chi connectivity index (χ2v) is 8.73. The molecule has 0 spiro atoms. The maximum atomic E-state index is 9.55. The van der Waals surface area contributed by atoms with Crippen LogP contribution in [0, 0.1) is 5.92 Å². The Bertz CT molecular complexity index is 894. The molecule has 1 saturated carbocycles. The molecule has 0 radical (unpaired) electrons. The van der Waals surface area contributed by atoms with E-state index in [1.165, 1.54) is 68.0 Å². The normalized spacial score (nSPS) is 19.2. The average molecular weight is 439 g/mol. The molecule has 32 heavy (non-hydrogen) atoms. The molecule has 1 aliphatic carbocycles. The fourth-order valence-corrected chi connectivity index (χ4v) is 4.79. The van der Waals surface area contributed by atoms with Crippen LogP contribution >= 0.6 is 0 Å². The van der Waals surface area contributed by atoms with Gasteiger partial charge in [-0.3, -0.25) is 4.90 Å². The zero-order valence-electron chi connectivity index (χ0n) is 18.6. The van der Waals surface area contributed by atoms with Gasteiger partial charge < -0.3 is 15.5 Å². The quantitative estimate of drug-likeness (QED) is 0.559. The van der Waals surface area contributed by atoms with Gasteiger partial charge in [0.1, 0.15) is 0 Å². The van der Waals surface area contributed by atoms with E-state index in [1.54, 1.807) is 0 Å². The first-order valence-electron chi connectivity index (χ1n) is 11.6. The maximum Gasteiger partial charge on any atom is 0.328 e. The van der Waals surface area contributed by atoms with Gasteiger partial charge >= 0.3 is 11.9 Å². The van der Waals surface area contributed by atoms with Crippen molar-refractivity contribution in [2.75, 3.05) is 19.6 Å². The number of benzene rings is 2. The standard InChI is InChI=1S/C22H30N2.C4H4O4/c1-2-7-18(8-3-1)16-24(21-13-14-23-15-21)17-20-11-6-10-19-9-4-5-12-22(19)20;5-3(6)1-2-4(7)8/h4-6,9-12,18,21,23H,1-3,7-8,13-17H2;1-2H,(H,5,6)(H,7,8)/t21-;/m0./s1. The van der Waals surface area contributed by atoms with Crippen LogP contribution in [0.15, 0.2) is 54.6 Å². The number of rotatable bonds is 7. The molecule has 6 nitrogen and oxygen atoms in total. The number of hydrogen-bond acceptors (Lipinski definition) is 4. The third kappa shape index (κ3) is 7.46. The number of aliphatic carboxylic acids is 2. The highest BCUT2D eigenvalue weighted by molar-refractivity contribution is 5.89. The molecular formula is C26H34N2O4. The Kier molecular flexibility index (Phi) is 9.26. The summed E-state index contributed by atoms with van der Waals surface area (Å²) in [5.74, 6) is -1.60. The van der Waals surface area contributed by atoms with Crippen LogP contribution in [0.3, 0.4) is 0 Å². The topological polar surface area (TPSA) is 89.9 Å². The van der Waals surface area contributed by atoms with E-state index in [2.05, 4.69) is 52.7 Å². The van der Waals surface area contributed by atoms with E-state index in [-0.39, 0.29) is 0 Å². The van der Waals surface area contributed by atoms with Crippen molar-refractivity contribution < 1.29 is 19.8 Å². The Hall–Kier alpha value is -2.70. The highest BCUT2D eigenvalue weighted by atomic mass is 16.4. The molecule has 0 amide bonds. The summed E-state index contributed by atoms with van der Waals surface area (Å²) in [6.07, 6.45) is 9.62. The van der Waals surface area contributed by atoms with E-state index in [9.17, 15) is 9.59 Å². The first-order valence-corrected chi connectivity index (χ1v) is 11.6. The third-order valence-electron chi connectivity index (χ3n) is 6.39. The number of hydrogen-bond donors (Lipinski definition) is 3. The van der Waals surface area contributed by atoms with Crippen LogP contribution in [0.5, 0.6) is 0 Å². The first-order chi connectivity index (χ1) is 15.5. The van der Waals surface area contributed by atoms with Gasteiger partial charge in [-0.2, -0.15) is 0 Å². The first kappa shape index (κ1) is 24.0. The van der Waals surface area contributed by atoms with Crippen LogP contribution in [0.1, 0.15) is 44.1 Å².